The number of methoxy groups -OCH3 is 1. The smallest absolute Gasteiger partial charge is 0.315 e. The molecule has 1 unspecified atom stereocenters. The molecule has 2 aromatic rings. The quantitative estimate of drug-likeness (QED) is 0.763. The third-order valence-corrected chi connectivity index (χ3v) is 5.71. The molecule has 0 aromatic heterocycles. The Balaban J connectivity index is 1.19. The van der Waals surface area contributed by atoms with E-state index in [0.717, 1.165) is 31.6 Å². The van der Waals surface area contributed by atoms with Crippen molar-refractivity contribution >= 4 is 6.03 Å². The van der Waals surface area contributed by atoms with Crippen molar-refractivity contribution in [1.82, 2.24) is 16.0 Å². The highest BCUT2D eigenvalue weighted by Crippen LogP contribution is 2.37. The first-order valence-corrected chi connectivity index (χ1v) is 9.69. The fraction of sp³-hybridized carbons (Fsp3) is 0.409. The summed E-state index contributed by atoms with van der Waals surface area (Å²) < 4.78 is 5.29. The number of carbonyl (C=O) groups is 1. The molecule has 2 aliphatic rings. The number of ether oxygens (including phenoxy) is 1. The molecular weight excluding hydrogens is 338 g/mol. The normalized spacial score (nSPS) is 23.7. The zero-order valence-electron chi connectivity index (χ0n) is 15.7. The molecular formula is C22H27N3O2. The van der Waals surface area contributed by atoms with E-state index in [1.807, 2.05) is 12.1 Å². The summed E-state index contributed by atoms with van der Waals surface area (Å²) >= 11 is 0. The number of amides is 2. The van der Waals surface area contributed by atoms with Crippen molar-refractivity contribution in [3.63, 3.8) is 0 Å². The fourth-order valence-corrected chi connectivity index (χ4v) is 4.02. The monoisotopic (exact) mass is 365 g/mol. The van der Waals surface area contributed by atoms with Crippen LogP contribution in [0.5, 0.6) is 5.75 Å². The van der Waals surface area contributed by atoms with Crippen LogP contribution in [-0.4, -0.2) is 31.8 Å². The van der Waals surface area contributed by atoms with E-state index in [9.17, 15) is 4.79 Å². The number of benzene rings is 2. The van der Waals surface area contributed by atoms with Crippen molar-refractivity contribution in [2.75, 3.05) is 13.7 Å². The molecule has 0 saturated heterocycles. The Morgan fingerprint density at radius 2 is 1.96 bits per heavy atom. The van der Waals surface area contributed by atoms with Crippen LogP contribution in [0, 0.1) is 0 Å². The zero-order valence-corrected chi connectivity index (χ0v) is 15.7. The summed E-state index contributed by atoms with van der Waals surface area (Å²) in [5, 5.41) is 9.61. The van der Waals surface area contributed by atoms with Crippen LogP contribution < -0.4 is 20.7 Å². The van der Waals surface area contributed by atoms with Crippen LogP contribution in [-0.2, 0) is 13.0 Å². The molecule has 1 aliphatic carbocycles. The molecule has 0 radical (unpaired) electrons. The van der Waals surface area contributed by atoms with Gasteiger partial charge in [-0.25, -0.2) is 4.79 Å². The topological polar surface area (TPSA) is 62.4 Å². The number of rotatable bonds is 5. The maximum absolute atomic E-state index is 12.2. The van der Waals surface area contributed by atoms with Crippen molar-refractivity contribution in [1.29, 1.82) is 0 Å². The van der Waals surface area contributed by atoms with E-state index < -0.39 is 0 Å². The largest absolute Gasteiger partial charge is 0.497 e. The molecule has 5 nitrogen and oxygen atoms in total. The average molecular weight is 365 g/mol. The summed E-state index contributed by atoms with van der Waals surface area (Å²) in [5.41, 5.74) is 4.03. The van der Waals surface area contributed by atoms with Gasteiger partial charge in [0.05, 0.1) is 7.11 Å². The van der Waals surface area contributed by atoms with Crippen LogP contribution in [0.2, 0.25) is 0 Å². The van der Waals surface area contributed by atoms with Crippen molar-refractivity contribution in [2.45, 2.75) is 43.8 Å². The Kier molecular flexibility index (Phi) is 5.30. The van der Waals surface area contributed by atoms with E-state index >= 15 is 0 Å². The lowest BCUT2D eigenvalue weighted by Crippen LogP contribution is -2.51. The first-order chi connectivity index (χ1) is 13.2. The van der Waals surface area contributed by atoms with Gasteiger partial charge in [0.1, 0.15) is 5.75 Å². The predicted octanol–water partition coefficient (Wildman–Crippen LogP) is 2.95. The Morgan fingerprint density at radius 3 is 2.78 bits per heavy atom. The second-order valence-corrected chi connectivity index (χ2v) is 7.55. The molecule has 142 valence electrons. The molecule has 4 rings (SSSR count). The highest BCUT2D eigenvalue weighted by molar-refractivity contribution is 5.74. The van der Waals surface area contributed by atoms with Gasteiger partial charge in [0.25, 0.3) is 0 Å². The van der Waals surface area contributed by atoms with Gasteiger partial charge in [-0.15, -0.1) is 0 Å². The summed E-state index contributed by atoms with van der Waals surface area (Å²) in [5.74, 6) is 1.39. The Labute approximate surface area is 160 Å². The molecule has 2 aromatic carbocycles. The predicted molar refractivity (Wildman–Crippen MR) is 106 cm³/mol. The van der Waals surface area contributed by atoms with E-state index in [1.54, 1.807) is 7.11 Å². The number of hydrogen-bond donors (Lipinski definition) is 3. The zero-order chi connectivity index (χ0) is 18.6. The standard InChI is InChI=1S/C22H27N3O2/c1-27-21-8-4-7-16(12-21)18-10-19(11-18)25-22(26)24-14-20-9-15-5-2-3-6-17(15)13-23-20/h2-8,12,18-20,23H,9-11,13-14H2,1H3,(H2,24,25,26). The molecule has 1 heterocycles. The molecule has 0 spiro atoms. The van der Waals surface area contributed by atoms with Gasteiger partial charge in [-0.05, 0) is 54.0 Å². The number of nitrogens with one attached hydrogen (secondary N) is 3. The van der Waals surface area contributed by atoms with Gasteiger partial charge in [-0.2, -0.15) is 0 Å². The first kappa shape index (κ1) is 17.9. The van der Waals surface area contributed by atoms with Gasteiger partial charge < -0.3 is 20.7 Å². The van der Waals surface area contributed by atoms with Crippen LogP contribution in [0.4, 0.5) is 4.79 Å². The Bertz CT molecular complexity index is 802. The lowest BCUT2D eigenvalue weighted by atomic mass is 9.76. The van der Waals surface area contributed by atoms with Gasteiger partial charge in [-0.1, -0.05) is 36.4 Å². The van der Waals surface area contributed by atoms with Crippen LogP contribution in [0.25, 0.3) is 0 Å². The van der Waals surface area contributed by atoms with Crippen LogP contribution in [0.3, 0.4) is 0 Å². The van der Waals surface area contributed by atoms with E-state index in [4.69, 9.17) is 4.74 Å². The van der Waals surface area contributed by atoms with Crippen molar-refractivity contribution in [2.24, 2.45) is 0 Å². The second kappa shape index (κ2) is 8.01. The number of hydrogen-bond acceptors (Lipinski definition) is 3. The van der Waals surface area contributed by atoms with E-state index in [0.29, 0.717) is 12.5 Å². The van der Waals surface area contributed by atoms with Gasteiger partial charge >= 0.3 is 6.03 Å². The molecule has 2 amide bonds. The van der Waals surface area contributed by atoms with E-state index in [1.165, 1.54) is 16.7 Å². The lowest BCUT2D eigenvalue weighted by molar-refractivity contribution is 0.221. The molecule has 0 bridgehead atoms. The van der Waals surface area contributed by atoms with Gasteiger partial charge in [0.15, 0.2) is 0 Å². The van der Waals surface area contributed by atoms with Crippen LogP contribution in [0.1, 0.15) is 35.4 Å². The number of carbonyl (C=O) groups excluding carboxylic acids is 1. The maximum Gasteiger partial charge on any atom is 0.315 e. The molecule has 5 heteroatoms. The first-order valence-electron chi connectivity index (χ1n) is 9.69. The second-order valence-electron chi connectivity index (χ2n) is 7.55. The van der Waals surface area contributed by atoms with Crippen molar-refractivity contribution < 1.29 is 9.53 Å². The maximum atomic E-state index is 12.2. The molecule has 1 saturated carbocycles. The summed E-state index contributed by atoms with van der Waals surface area (Å²) in [4.78, 5) is 12.2. The minimum absolute atomic E-state index is 0.0650. The van der Waals surface area contributed by atoms with Crippen molar-refractivity contribution in [3.05, 3.63) is 65.2 Å². The Hall–Kier alpha value is -2.53. The van der Waals surface area contributed by atoms with Crippen molar-refractivity contribution in [3.8, 4) is 5.75 Å². The summed E-state index contributed by atoms with van der Waals surface area (Å²) in [7, 11) is 1.69. The lowest BCUT2D eigenvalue weighted by Gasteiger charge is -2.36. The highest BCUT2D eigenvalue weighted by atomic mass is 16.5. The van der Waals surface area contributed by atoms with Crippen LogP contribution in [0.15, 0.2) is 48.5 Å². The number of fused-ring (bicyclic) bond motifs is 1. The average Bonchev–Trinajstić information content (AvgIpc) is 2.68. The summed E-state index contributed by atoms with van der Waals surface area (Å²) in [6, 6.07) is 17.2. The fourth-order valence-electron chi connectivity index (χ4n) is 4.02. The van der Waals surface area contributed by atoms with Gasteiger partial charge in [0, 0.05) is 25.2 Å². The number of urea groups is 1. The summed E-state index contributed by atoms with van der Waals surface area (Å²) in [6.07, 6.45) is 2.92. The van der Waals surface area contributed by atoms with E-state index in [-0.39, 0.29) is 18.1 Å². The van der Waals surface area contributed by atoms with Gasteiger partial charge in [-0.3, -0.25) is 0 Å². The third-order valence-electron chi connectivity index (χ3n) is 5.71. The SMILES string of the molecule is COc1cccc(C2CC(NC(=O)NCC3Cc4ccccc4CN3)C2)c1. The minimum atomic E-state index is -0.0650. The Morgan fingerprint density at radius 1 is 1.15 bits per heavy atom. The molecule has 27 heavy (non-hydrogen) atoms. The molecule has 3 N–H and O–H groups in total. The van der Waals surface area contributed by atoms with Crippen LogP contribution >= 0.6 is 0 Å². The summed E-state index contributed by atoms with van der Waals surface area (Å²) in [6.45, 7) is 1.52. The minimum Gasteiger partial charge on any atom is -0.497 e. The highest BCUT2D eigenvalue weighted by Gasteiger charge is 2.31. The molecule has 1 aliphatic heterocycles. The van der Waals surface area contributed by atoms with Gasteiger partial charge in [0.2, 0.25) is 0 Å². The van der Waals surface area contributed by atoms with E-state index in [2.05, 4.69) is 52.3 Å². The molecule has 1 fully saturated rings. The molecule has 1 atom stereocenters. The third kappa shape index (κ3) is 4.25.